The van der Waals surface area contributed by atoms with Gasteiger partial charge in [0.2, 0.25) is 6.79 Å². The number of hydrogen-bond acceptors (Lipinski definition) is 11. The predicted molar refractivity (Wildman–Crippen MR) is 155 cm³/mol. The van der Waals surface area contributed by atoms with E-state index in [-0.39, 0.29) is 12.9 Å². The van der Waals surface area contributed by atoms with Gasteiger partial charge in [-0.15, -0.1) is 0 Å². The summed E-state index contributed by atoms with van der Waals surface area (Å²) in [6.45, 7) is 11.6. The minimum atomic E-state index is 0.0267. The van der Waals surface area contributed by atoms with Crippen LogP contribution in [0, 0.1) is 0 Å². The minimum Gasteiger partial charge on any atom is -0.479 e. The van der Waals surface area contributed by atoms with Gasteiger partial charge >= 0.3 is 0 Å². The van der Waals surface area contributed by atoms with E-state index in [1.807, 2.05) is 12.3 Å². The maximum atomic E-state index is 6.43. The van der Waals surface area contributed by atoms with Crippen LogP contribution in [0.25, 0.3) is 12.3 Å². The van der Waals surface area contributed by atoms with E-state index in [0.717, 1.165) is 87.4 Å². The summed E-state index contributed by atoms with van der Waals surface area (Å²) in [7, 11) is 2.19. The fourth-order valence-corrected chi connectivity index (χ4v) is 5.57. The first-order valence-corrected chi connectivity index (χ1v) is 14.8. The van der Waals surface area contributed by atoms with Crippen LogP contribution >= 0.6 is 0 Å². The van der Waals surface area contributed by atoms with Gasteiger partial charge < -0.3 is 39.0 Å². The average Bonchev–Trinajstić information content (AvgIpc) is 3.44. The second-order valence-corrected chi connectivity index (χ2v) is 11.1. The van der Waals surface area contributed by atoms with Crippen molar-refractivity contribution >= 4 is 18.1 Å². The summed E-state index contributed by atoms with van der Waals surface area (Å²) >= 11 is 0. The largest absolute Gasteiger partial charge is 0.479 e. The molecule has 0 spiro atoms. The van der Waals surface area contributed by atoms with E-state index in [1.165, 1.54) is 6.33 Å². The first-order valence-electron chi connectivity index (χ1n) is 14.8. The summed E-state index contributed by atoms with van der Waals surface area (Å²) < 4.78 is 24.3. The molecule has 6 rings (SSSR count). The monoisotopic (exact) mass is 563 g/mol. The third-order valence-corrected chi connectivity index (χ3v) is 7.94. The molecule has 11 nitrogen and oxygen atoms in total. The van der Waals surface area contributed by atoms with Gasteiger partial charge in [-0.25, -0.2) is 15.0 Å². The molecular formula is C30H41N7O4. The highest BCUT2D eigenvalue weighted by Gasteiger charge is 2.24. The molecule has 1 atom stereocenters. The number of nitrogens with zero attached hydrogens (tertiary/aromatic N) is 6. The van der Waals surface area contributed by atoms with E-state index >= 15 is 0 Å². The van der Waals surface area contributed by atoms with Gasteiger partial charge in [0, 0.05) is 88.1 Å². The molecule has 220 valence electrons. The summed E-state index contributed by atoms with van der Waals surface area (Å²) in [6, 6.07) is 2.02. The summed E-state index contributed by atoms with van der Waals surface area (Å²) in [5.41, 5.74) is 1.92. The molecule has 4 aliphatic heterocycles. The molecule has 1 fully saturated rings. The molecule has 41 heavy (non-hydrogen) atoms. The molecule has 5 heterocycles. The molecule has 11 heteroatoms. The predicted octanol–water partition coefficient (Wildman–Crippen LogP) is 1.10. The number of piperazine rings is 1. The summed E-state index contributed by atoms with van der Waals surface area (Å²) in [4.78, 5) is 21.0. The third-order valence-electron chi connectivity index (χ3n) is 7.94. The van der Waals surface area contributed by atoms with Crippen LogP contribution in [-0.2, 0) is 15.9 Å². The highest BCUT2D eigenvalue weighted by molar-refractivity contribution is 5.63. The van der Waals surface area contributed by atoms with Crippen LogP contribution in [0.3, 0.4) is 0 Å². The molecular weight excluding hydrogens is 522 g/mol. The fourth-order valence-electron chi connectivity index (χ4n) is 5.57. The molecule has 0 radical (unpaired) electrons. The normalized spacial score (nSPS) is 21.9. The van der Waals surface area contributed by atoms with Crippen LogP contribution < -0.4 is 25.4 Å². The molecule has 2 bridgehead atoms. The van der Waals surface area contributed by atoms with Crippen molar-refractivity contribution in [3.63, 3.8) is 0 Å². The summed E-state index contributed by atoms with van der Waals surface area (Å²) in [5.74, 6) is 2.77. The van der Waals surface area contributed by atoms with E-state index in [1.54, 1.807) is 0 Å². The van der Waals surface area contributed by atoms with Gasteiger partial charge in [0.15, 0.2) is 23.2 Å². The Morgan fingerprint density at radius 2 is 2.02 bits per heavy atom. The van der Waals surface area contributed by atoms with Crippen LogP contribution in [0.1, 0.15) is 30.9 Å². The van der Waals surface area contributed by atoms with Crippen molar-refractivity contribution in [2.75, 3.05) is 79.4 Å². The number of aromatic nitrogens is 2. The number of hydrogen-bond donors (Lipinski definition) is 1. The van der Waals surface area contributed by atoms with Gasteiger partial charge in [-0.1, -0.05) is 0 Å². The number of rotatable bonds is 5. The maximum absolute atomic E-state index is 6.43. The lowest BCUT2D eigenvalue weighted by molar-refractivity contribution is 0.0647. The lowest BCUT2D eigenvalue weighted by Gasteiger charge is -2.32. The van der Waals surface area contributed by atoms with E-state index in [0.29, 0.717) is 42.3 Å². The highest BCUT2D eigenvalue weighted by atomic mass is 16.7. The average molecular weight is 564 g/mol. The molecule has 2 aromatic rings. The molecule has 0 saturated carbocycles. The molecule has 0 aliphatic carbocycles. The standard InChI is InChI=1S/C30H41N7O4/c1-22-15-24-18-32-20-33-30(24)34-28-25-19-37(8-6-31-5-3-13-38-22)27(17-23(25)16-26-29(28)41-21-40-26)39-14-4-7-36-11-9-35(2)10-12-36/h16-20,22,31H,3-15,21H2,1-2H3. The van der Waals surface area contributed by atoms with Crippen molar-refractivity contribution in [2.45, 2.75) is 32.3 Å². The Balaban J connectivity index is 1.32. The SMILES string of the molecule is CC1Cc2cncnc2N=c2c3c(cc4c2=CN(CCNCCCO1)C(OCCCN1CCN(C)CC1)=C4)OCO3. The van der Waals surface area contributed by atoms with Gasteiger partial charge in [-0.3, -0.25) is 0 Å². The highest BCUT2D eigenvalue weighted by Crippen LogP contribution is 2.30. The zero-order valence-electron chi connectivity index (χ0n) is 24.2. The third kappa shape index (κ3) is 6.81. The maximum Gasteiger partial charge on any atom is 0.231 e. The van der Waals surface area contributed by atoms with E-state index in [2.05, 4.69) is 56.2 Å². The van der Waals surface area contributed by atoms with Gasteiger partial charge in [-0.05, 0) is 45.0 Å². The van der Waals surface area contributed by atoms with E-state index in [4.69, 9.17) is 23.9 Å². The lowest BCUT2D eigenvalue weighted by atomic mass is 10.1. The topological polar surface area (TPSA) is 96.8 Å². The van der Waals surface area contributed by atoms with E-state index in [9.17, 15) is 0 Å². The first kappa shape index (κ1) is 27.9. The Morgan fingerprint density at radius 1 is 1.12 bits per heavy atom. The molecule has 4 aliphatic rings. The number of fused-ring (bicyclic) bond motifs is 4. The molecule has 1 aromatic heterocycles. The van der Waals surface area contributed by atoms with Crippen LogP contribution in [0.5, 0.6) is 11.5 Å². The van der Waals surface area contributed by atoms with Crippen molar-refractivity contribution in [1.82, 2.24) is 30.0 Å². The Kier molecular flexibility index (Phi) is 8.95. The molecule has 0 amide bonds. The van der Waals surface area contributed by atoms with Gasteiger partial charge in [-0.2, -0.15) is 0 Å². The van der Waals surface area contributed by atoms with Crippen molar-refractivity contribution in [2.24, 2.45) is 4.99 Å². The van der Waals surface area contributed by atoms with Crippen LogP contribution in [0.4, 0.5) is 5.82 Å². The van der Waals surface area contributed by atoms with Gasteiger partial charge in [0.1, 0.15) is 11.7 Å². The number of ether oxygens (including phenoxy) is 4. The molecule has 1 saturated heterocycles. The fraction of sp³-hybridized carbons (Fsp3) is 0.567. The quantitative estimate of drug-likeness (QED) is 0.533. The molecule has 1 aromatic carbocycles. The van der Waals surface area contributed by atoms with Crippen molar-refractivity contribution in [3.05, 3.63) is 46.2 Å². The van der Waals surface area contributed by atoms with Crippen molar-refractivity contribution in [1.29, 1.82) is 0 Å². The number of benzene rings is 1. The van der Waals surface area contributed by atoms with Crippen LogP contribution in [0.2, 0.25) is 0 Å². The number of nitrogens with one attached hydrogen (secondary N) is 1. The zero-order valence-corrected chi connectivity index (χ0v) is 24.2. The second kappa shape index (κ2) is 13.2. The van der Waals surface area contributed by atoms with Gasteiger partial charge in [0.05, 0.1) is 12.7 Å². The first-order chi connectivity index (χ1) is 20.1. The Bertz CT molecular complexity index is 1360. The molecule has 1 unspecified atom stereocenters. The number of likely N-dealkylation sites (N-methyl/N-ethyl adjacent to an activating group) is 1. The summed E-state index contributed by atoms with van der Waals surface area (Å²) in [5, 5.41) is 5.23. The van der Waals surface area contributed by atoms with Gasteiger partial charge in [0.25, 0.3) is 0 Å². The second-order valence-electron chi connectivity index (χ2n) is 11.1. The summed E-state index contributed by atoms with van der Waals surface area (Å²) in [6.07, 6.45) is 10.2. The van der Waals surface area contributed by atoms with E-state index < -0.39 is 0 Å². The lowest BCUT2D eigenvalue weighted by Crippen LogP contribution is -2.44. The minimum absolute atomic E-state index is 0.0267. The van der Waals surface area contributed by atoms with Crippen LogP contribution in [-0.4, -0.2) is 110 Å². The molecule has 1 N–H and O–H groups in total. The Labute approximate surface area is 241 Å². The zero-order chi connectivity index (χ0) is 28.0. The smallest absolute Gasteiger partial charge is 0.231 e. The Hall–Kier alpha value is -3.25. The Morgan fingerprint density at radius 3 is 2.93 bits per heavy atom. The van der Waals surface area contributed by atoms with Crippen molar-refractivity contribution < 1.29 is 18.9 Å². The van der Waals surface area contributed by atoms with Crippen LogP contribution in [0.15, 0.2) is 29.5 Å². The van der Waals surface area contributed by atoms with Crippen molar-refractivity contribution in [3.8, 4) is 11.5 Å².